The molecule has 27 heavy (non-hydrogen) atoms. The number of nitrogens with zero attached hydrogens (tertiary/aromatic N) is 6. The molecule has 1 unspecified atom stereocenters. The number of hydrogen-bond donors (Lipinski definition) is 0. The molecule has 0 spiro atoms. The van der Waals surface area contributed by atoms with Crippen LogP contribution < -0.4 is 9.80 Å². The summed E-state index contributed by atoms with van der Waals surface area (Å²) >= 11 is 0. The number of pyridine rings is 1. The van der Waals surface area contributed by atoms with Gasteiger partial charge < -0.3 is 14.7 Å². The first-order valence-electron chi connectivity index (χ1n) is 9.76. The van der Waals surface area contributed by atoms with Gasteiger partial charge in [0.15, 0.2) is 0 Å². The van der Waals surface area contributed by atoms with Crippen molar-refractivity contribution >= 4 is 17.7 Å². The maximum absolute atomic E-state index is 12.9. The number of aromatic nitrogens is 3. The van der Waals surface area contributed by atoms with Crippen molar-refractivity contribution in [1.29, 1.82) is 0 Å². The highest BCUT2D eigenvalue weighted by atomic mass is 16.2. The average molecular weight is 366 g/mol. The van der Waals surface area contributed by atoms with Crippen molar-refractivity contribution in [1.82, 2.24) is 19.9 Å². The lowest BCUT2D eigenvalue weighted by Gasteiger charge is -2.24. The van der Waals surface area contributed by atoms with Gasteiger partial charge in [-0.05, 0) is 44.4 Å². The molecule has 2 aliphatic heterocycles. The van der Waals surface area contributed by atoms with E-state index in [0.717, 1.165) is 44.4 Å². The number of anilines is 2. The monoisotopic (exact) mass is 366 g/mol. The summed E-state index contributed by atoms with van der Waals surface area (Å²) in [5, 5.41) is 0. The van der Waals surface area contributed by atoms with Crippen molar-refractivity contribution in [3.8, 4) is 0 Å². The molecule has 0 bridgehead atoms. The molecule has 2 aliphatic rings. The lowest BCUT2D eigenvalue weighted by atomic mass is 10.2. The zero-order valence-corrected chi connectivity index (χ0v) is 15.8. The summed E-state index contributed by atoms with van der Waals surface area (Å²) < 4.78 is 0. The molecule has 142 valence electrons. The van der Waals surface area contributed by atoms with Gasteiger partial charge in [-0.15, -0.1) is 0 Å². The van der Waals surface area contributed by atoms with Crippen LogP contribution in [0, 0.1) is 0 Å². The Balaban J connectivity index is 1.40. The Morgan fingerprint density at radius 3 is 2.56 bits per heavy atom. The van der Waals surface area contributed by atoms with E-state index in [1.165, 1.54) is 12.8 Å². The molecular formula is C20H26N6O. The second-order valence-corrected chi connectivity index (χ2v) is 7.27. The molecule has 2 aromatic heterocycles. The van der Waals surface area contributed by atoms with Gasteiger partial charge >= 0.3 is 0 Å². The average Bonchev–Trinajstić information content (AvgIpc) is 3.00. The fourth-order valence-corrected chi connectivity index (χ4v) is 3.91. The lowest BCUT2D eigenvalue weighted by molar-refractivity contribution is 0.0766. The van der Waals surface area contributed by atoms with E-state index in [4.69, 9.17) is 0 Å². The predicted molar refractivity (Wildman–Crippen MR) is 105 cm³/mol. The van der Waals surface area contributed by atoms with Crippen LogP contribution in [0.1, 0.15) is 36.5 Å². The Morgan fingerprint density at radius 2 is 1.85 bits per heavy atom. The van der Waals surface area contributed by atoms with Crippen LogP contribution >= 0.6 is 0 Å². The Kier molecular flexibility index (Phi) is 5.18. The van der Waals surface area contributed by atoms with E-state index in [0.29, 0.717) is 18.2 Å². The van der Waals surface area contributed by atoms with E-state index in [1.54, 1.807) is 18.6 Å². The summed E-state index contributed by atoms with van der Waals surface area (Å²) in [5.41, 5.74) is 0.662. The number of carbonyl (C=O) groups is 1. The van der Waals surface area contributed by atoms with E-state index in [-0.39, 0.29) is 5.91 Å². The number of rotatable bonds is 3. The van der Waals surface area contributed by atoms with Crippen LogP contribution in [0.2, 0.25) is 0 Å². The minimum atomic E-state index is 0.0550. The molecule has 0 radical (unpaired) electrons. The first kappa shape index (κ1) is 17.7. The van der Waals surface area contributed by atoms with Gasteiger partial charge in [-0.2, -0.15) is 0 Å². The molecule has 2 saturated heterocycles. The van der Waals surface area contributed by atoms with Crippen molar-refractivity contribution in [3.63, 3.8) is 0 Å². The third-order valence-electron chi connectivity index (χ3n) is 5.46. The third kappa shape index (κ3) is 3.86. The van der Waals surface area contributed by atoms with Crippen LogP contribution in [0.4, 0.5) is 11.8 Å². The number of amides is 1. The minimum absolute atomic E-state index is 0.0550. The summed E-state index contributed by atoms with van der Waals surface area (Å²) in [4.78, 5) is 32.5. The van der Waals surface area contributed by atoms with Crippen LogP contribution in [-0.4, -0.2) is 64.5 Å². The van der Waals surface area contributed by atoms with Crippen LogP contribution in [0.5, 0.6) is 0 Å². The Hall–Kier alpha value is -2.70. The Labute approximate surface area is 160 Å². The van der Waals surface area contributed by atoms with Gasteiger partial charge in [-0.3, -0.25) is 4.79 Å². The molecule has 2 fully saturated rings. The van der Waals surface area contributed by atoms with E-state index in [1.807, 2.05) is 23.1 Å². The van der Waals surface area contributed by atoms with Crippen LogP contribution in [0.3, 0.4) is 0 Å². The van der Waals surface area contributed by atoms with Gasteiger partial charge in [0, 0.05) is 57.4 Å². The Morgan fingerprint density at radius 1 is 1.00 bits per heavy atom. The fraction of sp³-hybridized carbons (Fsp3) is 0.500. The van der Waals surface area contributed by atoms with Crippen LogP contribution in [0.25, 0.3) is 0 Å². The van der Waals surface area contributed by atoms with E-state index in [9.17, 15) is 4.79 Å². The SMILES string of the molecule is CC1CCCN1c1ccc(C(=O)N2CCCN(c3ncccn3)CC2)cn1. The first-order valence-corrected chi connectivity index (χ1v) is 9.76. The van der Waals surface area contributed by atoms with E-state index >= 15 is 0 Å². The molecule has 0 aliphatic carbocycles. The lowest BCUT2D eigenvalue weighted by Crippen LogP contribution is -2.35. The topological polar surface area (TPSA) is 65.5 Å². The standard InChI is InChI=1S/C20H26N6O/c1-16-5-2-12-26(16)18-7-6-17(15-23-18)19(27)24-10-4-11-25(14-13-24)20-21-8-3-9-22-20/h3,6-9,15-16H,2,4-5,10-14H2,1H3. The largest absolute Gasteiger partial charge is 0.354 e. The molecule has 1 amide bonds. The molecule has 2 aromatic rings. The summed E-state index contributed by atoms with van der Waals surface area (Å²) in [6.45, 7) is 6.29. The molecule has 0 N–H and O–H groups in total. The molecule has 7 heteroatoms. The van der Waals surface area contributed by atoms with E-state index < -0.39 is 0 Å². The Bertz CT molecular complexity index is 766. The fourth-order valence-electron chi connectivity index (χ4n) is 3.91. The molecular weight excluding hydrogens is 340 g/mol. The zero-order valence-electron chi connectivity index (χ0n) is 15.8. The molecule has 1 atom stereocenters. The second kappa shape index (κ2) is 7.90. The van der Waals surface area contributed by atoms with Gasteiger partial charge in [-0.25, -0.2) is 15.0 Å². The highest BCUT2D eigenvalue weighted by molar-refractivity contribution is 5.94. The summed E-state index contributed by atoms with van der Waals surface area (Å²) in [7, 11) is 0. The third-order valence-corrected chi connectivity index (χ3v) is 5.46. The normalized spacial score (nSPS) is 20.6. The van der Waals surface area contributed by atoms with Crippen LogP contribution in [-0.2, 0) is 0 Å². The maximum Gasteiger partial charge on any atom is 0.255 e. The second-order valence-electron chi connectivity index (χ2n) is 7.27. The zero-order chi connectivity index (χ0) is 18.6. The molecule has 0 saturated carbocycles. The number of carbonyl (C=O) groups excluding carboxylic acids is 1. The van der Waals surface area contributed by atoms with Crippen molar-refractivity contribution in [2.24, 2.45) is 0 Å². The van der Waals surface area contributed by atoms with Gasteiger partial charge in [0.2, 0.25) is 5.95 Å². The molecule has 4 heterocycles. The summed E-state index contributed by atoms with van der Waals surface area (Å²) in [6.07, 6.45) is 8.55. The van der Waals surface area contributed by atoms with Gasteiger partial charge in [0.05, 0.1) is 5.56 Å². The smallest absolute Gasteiger partial charge is 0.255 e. The van der Waals surface area contributed by atoms with Crippen molar-refractivity contribution < 1.29 is 4.79 Å². The van der Waals surface area contributed by atoms with Gasteiger partial charge in [-0.1, -0.05) is 0 Å². The number of hydrogen-bond acceptors (Lipinski definition) is 6. The summed E-state index contributed by atoms with van der Waals surface area (Å²) in [5.74, 6) is 1.76. The summed E-state index contributed by atoms with van der Waals surface area (Å²) in [6, 6.07) is 6.24. The van der Waals surface area contributed by atoms with Crippen molar-refractivity contribution in [2.45, 2.75) is 32.2 Å². The van der Waals surface area contributed by atoms with E-state index in [2.05, 4.69) is 31.7 Å². The highest BCUT2D eigenvalue weighted by Crippen LogP contribution is 2.23. The molecule has 4 rings (SSSR count). The molecule has 0 aromatic carbocycles. The van der Waals surface area contributed by atoms with Gasteiger partial charge in [0.1, 0.15) is 5.82 Å². The highest BCUT2D eigenvalue weighted by Gasteiger charge is 2.24. The van der Waals surface area contributed by atoms with Crippen molar-refractivity contribution in [3.05, 3.63) is 42.4 Å². The predicted octanol–water partition coefficient (Wildman–Crippen LogP) is 2.21. The van der Waals surface area contributed by atoms with Crippen LogP contribution in [0.15, 0.2) is 36.8 Å². The maximum atomic E-state index is 12.9. The van der Waals surface area contributed by atoms with Crippen molar-refractivity contribution in [2.75, 3.05) is 42.5 Å². The quantitative estimate of drug-likeness (QED) is 0.830. The first-order chi connectivity index (χ1) is 13.2. The van der Waals surface area contributed by atoms with Gasteiger partial charge in [0.25, 0.3) is 5.91 Å². The molecule has 7 nitrogen and oxygen atoms in total. The minimum Gasteiger partial charge on any atom is -0.354 e.